The number of aromatic hydroxyl groups is 2. The van der Waals surface area contributed by atoms with Crippen LogP contribution in [0.2, 0.25) is 0 Å². The molecule has 2 aromatic rings. The van der Waals surface area contributed by atoms with E-state index < -0.39 is 23.5 Å². The lowest BCUT2D eigenvalue weighted by molar-refractivity contribution is -0.153. The summed E-state index contributed by atoms with van der Waals surface area (Å²) in [4.78, 5) is 25.0. The number of fused-ring (bicyclic) bond motifs is 1. The van der Waals surface area contributed by atoms with Crippen LogP contribution < -0.4 is 5.32 Å². The van der Waals surface area contributed by atoms with E-state index in [-0.39, 0.29) is 24.5 Å². The summed E-state index contributed by atoms with van der Waals surface area (Å²) < 4.78 is 10.3. The largest absolute Gasteiger partial charge is 0.504 e. The molecule has 2 atom stereocenters. The third-order valence-corrected chi connectivity index (χ3v) is 4.73. The molecular formula is C20H21NO6. The van der Waals surface area contributed by atoms with Gasteiger partial charge in [0.25, 0.3) is 0 Å². The van der Waals surface area contributed by atoms with Gasteiger partial charge in [-0.05, 0) is 42.2 Å². The molecule has 0 fully saturated rings. The zero-order valence-electron chi connectivity index (χ0n) is 15.1. The van der Waals surface area contributed by atoms with Crippen LogP contribution in [0.4, 0.5) is 0 Å². The number of phenolic OH excluding ortho intramolecular Hbond substituents is 2. The highest BCUT2D eigenvalue weighted by atomic mass is 16.5. The highest BCUT2D eigenvalue weighted by molar-refractivity contribution is 5.86. The predicted molar refractivity (Wildman–Crippen MR) is 96.0 cm³/mol. The van der Waals surface area contributed by atoms with E-state index in [4.69, 9.17) is 9.47 Å². The monoisotopic (exact) mass is 371 g/mol. The fourth-order valence-electron chi connectivity index (χ4n) is 3.30. The van der Waals surface area contributed by atoms with Crippen molar-refractivity contribution in [2.75, 3.05) is 7.11 Å². The lowest BCUT2D eigenvalue weighted by Gasteiger charge is -2.38. The van der Waals surface area contributed by atoms with Crippen LogP contribution in [0.15, 0.2) is 42.5 Å². The van der Waals surface area contributed by atoms with E-state index in [0.29, 0.717) is 11.1 Å². The molecule has 0 aromatic heterocycles. The van der Waals surface area contributed by atoms with Gasteiger partial charge in [0.15, 0.2) is 11.5 Å². The van der Waals surface area contributed by atoms with Gasteiger partial charge in [-0.15, -0.1) is 0 Å². The van der Waals surface area contributed by atoms with Crippen molar-refractivity contribution in [1.82, 2.24) is 5.32 Å². The molecule has 2 aromatic carbocycles. The van der Waals surface area contributed by atoms with E-state index in [1.165, 1.54) is 19.2 Å². The van der Waals surface area contributed by atoms with Crippen molar-refractivity contribution < 1.29 is 29.3 Å². The molecule has 27 heavy (non-hydrogen) atoms. The number of hydrogen-bond acceptors (Lipinski definition) is 7. The van der Waals surface area contributed by atoms with Crippen molar-refractivity contribution in [3.05, 3.63) is 59.2 Å². The first kappa shape index (κ1) is 18.7. The van der Waals surface area contributed by atoms with Crippen LogP contribution in [0.5, 0.6) is 11.5 Å². The van der Waals surface area contributed by atoms with Crippen molar-refractivity contribution in [3.63, 3.8) is 0 Å². The molecule has 0 aliphatic carbocycles. The molecule has 142 valence electrons. The number of phenols is 2. The zero-order chi connectivity index (χ0) is 19.6. The Bertz CT molecular complexity index is 866. The lowest BCUT2D eigenvalue weighted by atomic mass is 9.80. The third kappa shape index (κ3) is 3.59. The Morgan fingerprint density at radius 1 is 1.19 bits per heavy atom. The second-order valence-corrected chi connectivity index (χ2v) is 6.61. The first-order valence-electron chi connectivity index (χ1n) is 8.47. The molecule has 1 unspecified atom stereocenters. The molecule has 0 bridgehead atoms. The molecule has 0 saturated heterocycles. The van der Waals surface area contributed by atoms with E-state index in [1.54, 1.807) is 6.92 Å². The number of nitrogens with one attached hydrogen (secondary N) is 1. The van der Waals surface area contributed by atoms with Gasteiger partial charge in [0, 0.05) is 0 Å². The maximum atomic E-state index is 12.6. The van der Waals surface area contributed by atoms with Crippen molar-refractivity contribution in [2.24, 2.45) is 0 Å². The topological polar surface area (TPSA) is 105 Å². The van der Waals surface area contributed by atoms with Gasteiger partial charge in [-0.2, -0.15) is 0 Å². The lowest BCUT2D eigenvalue weighted by Crippen LogP contribution is -2.58. The van der Waals surface area contributed by atoms with Crippen molar-refractivity contribution in [2.45, 2.75) is 31.5 Å². The molecule has 1 aliphatic rings. The highest BCUT2D eigenvalue weighted by Gasteiger charge is 2.46. The Kier molecular flexibility index (Phi) is 5.05. The highest BCUT2D eigenvalue weighted by Crippen LogP contribution is 2.38. The number of methoxy groups -OCH3 is 1. The molecule has 0 spiro atoms. The van der Waals surface area contributed by atoms with E-state index in [2.05, 4.69) is 5.32 Å². The van der Waals surface area contributed by atoms with Gasteiger partial charge in [-0.1, -0.05) is 30.3 Å². The molecular weight excluding hydrogens is 350 g/mol. The normalized spacial score (nSPS) is 21.2. The minimum atomic E-state index is -1.37. The Morgan fingerprint density at radius 2 is 1.85 bits per heavy atom. The summed E-state index contributed by atoms with van der Waals surface area (Å²) in [6, 6.07) is 11.1. The first-order chi connectivity index (χ1) is 12.8. The number of carbonyl (C=O) groups excluding carboxylic acids is 2. The van der Waals surface area contributed by atoms with Gasteiger partial charge in [-0.25, -0.2) is 4.79 Å². The number of carbonyl (C=O) groups is 2. The smallest absolute Gasteiger partial charge is 0.330 e. The van der Waals surface area contributed by atoms with E-state index >= 15 is 0 Å². The molecule has 0 amide bonds. The maximum absolute atomic E-state index is 12.6. The van der Waals surface area contributed by atoms with Crippen molar-refractivity contribution in [3.8, 4) is 11.5 Å². The molecule has 3 N–H and O–H groups in total. The Morgan fingerprint density at radius 3 is 2.52 bits per heavy atom. The number of esters is 2. The standard InChI is InChI=1S/C20H21NO6/c1-20(19(25)26-2)14-10-17(23)16(22)9-13(14)8-15(21-20)18(24)27-11-12-6-4-3-5-7-12/h3-7,9-10,15,21-23H,8,11H2,1-2H3/t15-,20?/m0/s1. The summed E-state index contributed by atoms with van der Waals surface area (Å²) in [5.41, 5.74) is 0.472. The van der Waals surface area contributed by atoms with Crippen LogP contribution in [-0.2, 0) is 37.6 Å². The number of rotatable bonds is 4. The van der Waals surface area contributed by atoms with Crippen LogP contribution in [0.1, 0.15) is 23.6 Å². The van der Waals surface area contributed by atoms with Crippen LogP contribution >= 0.6 is 0 Å². The average Bonchev–Trinajstić information content (AvgIpc) is 2.67. The SMILES string of the molecule is COC(=O)C1(C)N[C@H](C(=O)OCc2ccccc2)Cc2cc(O)c(O)cc21. The quantitative estimate of drug-likeness (QED) is 0.555. The van der Waals surface area contributed by atoms with Gasteiger partial charge in [0.05, 0.1) is 7.11 Å². The minimum absolute atomic E-state index is 0.112. The molecule has 1 aliphatic heterocycles. The first-order valence-corrected chi connectivity index (χ1v) is 8.47. The molecule has 3 rings (SSSR count). The van der Waals surface area contributed by atoms with Crippen LogP contribution in [0.25, 0.3) is 0 Å². The van der Waals surface area contributed by atoms with E-state index in [9.17, 15) is 19.8 Å². The Labute approximate surface area is 156 Å². The summed E-state index contributed by atoms with van der Waals surface area (Å²) in [7, 11) is 1.24. The summed E-state index contributed by atoms with van der Waals surface area (Å²) >= 11 is 0. The maximum Gasteiger partial charge on any atom is 0.330 e. The van der Waals surface area contributed by atoms with Gasteiger partial charge in [0.2, 0.25) is 0 Å². The van der Waals surface area contributed by atoms with Crippen LogP contribution in [0.3, 0.4) is 0 Å². The van der Waals surface area contributed by atoms with E-state index in [0.717, 1.165) is 5.56 Å². The average molecular weight is 371 g/mol. The molecule has 1 heterocycles. The number of benzene rings is 2. The zero-order valence-corrected chi connectivity index (χ0v) is 15.1. The molecule has 0 saturated carbocycles. The number of ether oxygens (including phenoxy) is 2. The summed E-state index contributed by atoms with van der Waals surface area (Å²) in [6.07, 6.45) is 0.198. The fraction of sp³-hybridized carbons (Fsp3) is 0.300. The van der Waals surface area contributed by atoms with Gasteiger partial charge >= 0.3 is 11.9 Å². The summed E-state index contributed by atoms with van der Waals surface area (Å²) in [5.74, 6) is -1.81. The Hall–Kier alpha value is -3.06. The number of hydrogen-bond donors (Lipinski definition) is 3. The second kappa shape index (κ2) is 7.28. The molecule has 7 heteroatoms. The third-order valence-electron chi connectivity index (χ3n) is 4.73. The van der Waals surface area contributed by atoms with E-state index in [1.807, 2.05) is 30.3 Å². The van der Waals surface area contributed by atoms with Gasteiger partial charge < -0.3 is 19.7 Å². The Balaban J connectivity index is 1.87. The fourth-order valence-corrected chi connectivity index (χ4v) is 3.30. The van der Waals surface area contributed by atoms with Gasteiger partial charge in [0.1, 0.15) is 18.2 Å². The van der Waals surface area contributed by atoms with Crippen LogP contribution in [0, 0.1) is 0 Å². The minimum Gasteiger partial charge on any atom is -0.504 e. The van der Waals surface area contributed by atoms with Crippen LogP contribution in [-0.4, -0.2) is 35.3 Å². The summed E-state index contributed by atoms with van der Waals surface area (Å²) in [6.45, 7) is 1.67. The second-order valence-electron chi connectivity index (χ2n) is 6.61. The van der Waals surface area contributed by atoms with Crippen molar-refractivity contribution >= 4 is 11.9 Å². The predicted octanol–water partition coefficient (Wildman–Crippen LogP) is 1.74. The van der Waals surface area contributed by atoms with Crippen molar-refractivity contribution in [1.29, 1.82) is 0 Å². The molecule has 7 nitrogen and oxygen atoms in total. The van der Waals surface area contributed by atoms with Gasteiger partial charge in [-0.3, -0.25) is 10.1 Å². The summed E-state index contributed by atoms with van der Waals surface area (Å²) in [5, 5.41) is 22.6. The molecule has 0 radical (unpaired) electrons.